The van der Waals surface area contributed by atoms with Crippen LogP contribution in [-0.2, 0) is 11.3 Å². The maximum Gasteiger partial charge on any atom is 0.318 e. The number of aryl methyl sites for hydroxylation is 2. The van der Waals surface area contributed by atoms with Crippen molar-refractivity contribution in [3.8, 4) is 0 Å². The number of thioether (sulfide) groups is 1. The van der Waals surface area contributed by atoms with E-state index in [2.05, 4.69) is 12.2 Å². The smallest absolute Gasteiger partial charge is 0.318 e. The molecule has 0 aliphatic rings. The van der Waals surface area contributed by atoms with Gasteiger partial charge in [-0.3, -0.25) is 19.5 Å². The van der Waals surface area contributed by atoms with E-state index in [9.17, 15) is 14.4 Å². The van der Waals surface area contributed by atoms with E-state index in [-0.39, 0.29) is 11.5 Å². The number of thiophene rings is 1. The average Bonchev–Trinajstić information content (AvgIpc) is 2.85. The molecule has 3 N–H and O–H groups in total. The zero-order chi connectivity index (χ0) is 20.3. The summed E-state index contributed by atoms with van der Waals surface area (Å²) >= 11 is 2.69. The van der Waals surface area contributed by atoms with Gasteiger partial charge in [0.25, 0.3) is 5.56 Å². The topological polar surface area (TPSA) is 107 Å². The lowest BCUT2D eigenvalue weighted by atomic mass is 10.1. The number of hydrogen-bond acceptors (Lipinski definition) is 6. The van der Waals surface area contributed by atoms with E-state index in [1.807, 2.05) is 27.7 Å². The molecule has 0 aromatic carbocycles. The van der Waals surface area contributed by atoms with E-state index in [1.165, 1.54) is 23.1 Å². The summed E-state index contributed by atoms with van der Waals surface area (Å²) in [5.41, 5.74) is 5.97. The molecule has 3 amide bonds. The third-order valence-electron chi connectivity index (χ3n) is 4.33. The number of carbonyl (C=O) groups excluding carboxylic acids is 2. The number of nitrogens with two attached hydrogens (primary N) is 1. The molecule has 9 heteroatoms. The second-order valence-electron chi connectivity index (χ2n) is 6.80. The van der Waals surface area contributed by atoms with Gasteiger partial charge in [-0.1, -0.05) is 39.0 Å². The molecule has 2 rings (SSSR count). The first-order chi connectivity index (χ1) is 12.7. The molecule has 0 spiro atoms. The van der Waals surface area contributed by atoms with Crippen LogP contribution in [0.3, 0.4) is 0 Å². The Morgan fingerprint density at radius 3 is 2.56 bits per heavy atom. The van der Waals surface area contributed by atoms with Crippen molar-refractivity contribution in [2.45, 2.75) is 64.4 Å². The van der Waals surface area contributed by atoms with Crippen LogP contribution in [0.5, 0.6) is 0 Å². The highest BCUT2D eigenvalue weighted by Gasteiger charge is 2.27. The zero-order valence-electron chi connectivity index (χ0n) is 16.3. The Labute approximate surface area is 166 Å². The molecular weight excluding hydrogens is 384 g/mol. The van der Waals surface area contributed by atoms with Crippen LogP contribution in [0.4, 0.5) is 4.79 Å². The number of carbonyl (C=O) groups is 2. The lowest BCUT2D eigenvalue weighted by Gasteiger charge is -2.20. The van der Waals surface area contributed by atoms with Crippen LogP contribution in [0.2, 0.25) is 0 Å². The van der Waals surface area contributed by atoms with Crippen molar-refractivity contribution in [1.29, 1.82) is 0 Å². The predicted molar refractivity (Wildman–Crippen MR) is 110 cm³/mol. The summed E-state index contributed by atoms with van der Waals surface area (Å²) in [7, 11) is 0. The van der Waals surface area contributed by atoms with Gasteiger partial charge in [-0.2, -0.15) is 0 Å². The summed E-state index contributed by atoms with van der Waals surface area (Å²) in [6, 6.07) is -0.887. The fourth-order valence-corrected chi connectivity index (χ4v) is 4.90. The van der Waals surface area contributed by atoms with Gasteiger partial charge in [0.2, 0.25) is 5.91 Å². The number of hydrogen-bond donors (Lipinski definition) is 2. The first-order valence-electron chi connectivity index (χ1n) is 8.94. The molecule has 7 nitrogen and oxygen atoms in total. The third kappa shape index (κ3) is 4.70. The molecule has 2 heterocycles. The van der Waals surface area contributed by atoms with Crippen molar-refractivity contribution in [2.75, 3.05) is 0 Å². The van der Waals surface area contributed by atoms with Gasteiger partial charge in [0.05, 0.1) is 10.6 Å². The molecule has 0 unspecified atom stereocenters. The first-order valence-corrected chi connectivity index (χ1v) is 10.6. The van der Waals surface area contributed by atoms with Gasteiger partial charge in [-0.25, -0.2) is 9.78 Å². The van der Waals surface area contributed by atoms with Gasteiger partial charge in [0, 0.05) is 11.4 Å². The SMILES string of the molecule is CCCCn1c(S[C@@H](C(=O)NC(N)=O)C(C)C)nc2sc(C)c(C)c2c1=O. The molecule has 148 valence electrons. The Bertz CT molecular complexity index is 917. The van der Waals surface area contributed by atoms with Crippen LogP contribution in [-0.4, -0.2) is 26.7 Å². The van der Waals surface area contributed by atoms with Crippen molar-refractivity contribution in [3.05, 3.63) is 20.8 Å². The highest BCUT2D eigenvalue weighted by molar-refractivity contribution is 8.00. The normalized spacial score (nSPS) is 12.5. The van der Waals surface area contributed by atoms with Crippen LogP contribution < -0.4 is 16.6 Å². The van der Waals surface area contributed by atoms with E-state index in [1.54, 1.807) is 4.57 Å². The molecule has 0 bridgehead atoms. The number of amides is 3. The van der Waals surface area contributed by atoms with Crippen molar-refractivity contribution in [3.63, 3.8) is 0 Å². The monoisotopic (exact) mass is 410 g/mol. The number of primary amides is 1. The maximum atomic E-state index is 13.1. The number of nitrogens with one attached hydrogen (secondary N) is 1. The number of aromatic nitrogens is 2. The van der Waals surface area contributed by atoms with Crippen LogP contribution in [0, 0.1) is 19.8 Å². The van der Waals surface area contributed by atoms with Crippen LogP contribution in [0.15, 0.2) is 9.95 Å². The van der Waals surface area contributed by atoms with Gasteiger partial charge in [-0.05, 0) is 31.7 Å². The minimum atomic E-state index is -0.887. The predicted octanol–water partition coefficient (Wildman–Crippen LogP) is 3.19. The maximum absolute atomic E-state index is 13.1. The van der Waals surface area contributed by atoms with E-state index in [0.29, 0.717) is 21.9 Å². The van der Waals surface area contributed by atoms with Gasteiger partial charge >= 0.3 is 6.03 Å². The molecule has 27 heavy (non-hydrogen) atoms. The van der Waals surface area contributed by atoms with Gasteiger partial charge in [0.1, 0.15) is 4.83 Å². The Hall–Kier alpha value is -1.87. The summed E-state index contributed by atoms with van der Waals surface area (Å²) in [5, 5.41) is 2.71. The third-order valence-corrected chi connectivity index (χ3v) is 6.97. The summed E-state index contributed by atoms with van der Waals surface area (Å²) in [4.78, 5) is 43.0. The zero-order valence-corrected chi connectivity index (χ0v) is 17.9. The highest BCUT2D eigenvalue weighted by Crippen LogP contribution is 2.31. The van der Waals surface area contributed by atoms with Crippen molar-refractivity contribution in [2.24, 2.45) is 11.7 Å². The van der Waals surface area contributed by atoms with E-state index in [4.69, 9.17) is 10.7 Å². The molecule has 1 atom stereocenters. The Morgan fingerprint density at radius 1 is 1.33 bits per heavy atom. The van der Waals surface area contributed by atoms with Crippen LogP contribution in [0.1, 0.15) is 44.1 Å². The molecular formula is C18H26N4O3S2. The summed E-state index contributed by atoms with van der Waals surface area (Å²) < 4.78 is 1.66. The molecule has 0 aliphatic carbocycles. The number of nitrogens with zero attached hydrogens (tertiary/aromatic N) is 2. The largest absolute Gasteiger partial charge is 0.351 e. The van der Waals surface area contributed by atoms with E-state index in [0.717, 1.165) is 23.3 Å². The Kier molecular flexibility index (Phi) is 7.05. The number of rotatable bonds is 7. The molecule has 2 aromatic heterocycles. The fraction of sp³-hybridized carbons (Fsp3) is 0.556. The summed E-state index contributed by atoms with van der Waals surface area (Å²) in [6.07, 6.45) is 1.77. The molecule has 0 saturated carbocycles. The number of imide groups is 1. The Morgan fingerprint density at radius 2 is 2.00 bits per heavy atom. The standard InChI is InChI=1S/C18H26N4O3S2/c1-6-7-8-22-16(24)12-10(4)11(5)26-15(12)21-18(22)27-13(9(2)3)14(23)20-17(19)25/h9,13H,6-8H2,1-5H3,(H3,19,20,23,25)/t13-/m1/s1. The van der Waals surface area contributed by atoms with Crippen molar-refractivity contribution < 1.29 is 9.59 Å². The molecule has 0 fully saturated rings. The van der Waals surface area contributed by atoms with Gasteiger partial charge in [-0.15, -0.1) is 11.3 Å². The van der Waals surface area contributed by atoms with Crippen molar-refractivity contribution >= 4 is 45.3 Å². The average molecular weight is 411 g/mol. The second-order valence-corrected chi connectivity index (χ2v) is 9.12. The van der Waals surface area contributed by atoms with Gasteiger partial charge < -0.3 is 5.73 Å². The minimum absolute atomic E-state index is 0.0735. The van der Waals surface area contributed by atoms with Gasteiger partial charge in [0.15, 0.2) is 5.16 Å². The molecule has 2 aromatic rings. The second kappa shape index (κ2) is 8.88. The Balaban J connectivity index is 2.55. The lowest BCUT2D eigenvalue weighted by Crippen LogP contribution is -2.42. The number of unbranched alkanes of at least 4 members (excludes halogenated alkanes) is 1. The fourth-order valence-electron chi connectivity index (χ4n) is 2.71. The number of urea groups is 1. The van der Waals surface area contributed by atoms with Crippen LogP contribution in [0.25, 0.3) is 10.2 Å². The van der Waals surface area contributed by atoms with Crippen molar-refractivity contribution in [1.82, 2.24) is 14.9 Å². The lowest BCUT2D eigenvalue weighted by molar-refractivity contribution is -0.120. The van der Waals surface area contributed by atoms with Crippen LogP contribution >= 0.6 is 23.1 Å². The molecule has 0 aliphatic heterocycles. The number of fused-ring (bicyclic) bond motifs is 1. The highest BCUT2D eigenvalue weighted by atomic mass is 32.2. The van der Waals surface area contributed by atoms with E-state index >= 15 is 0 Å². The first kappa shape index (κ1) is 21.4. The summed E-state index contributed by atoms with van der Waals surface area (Å²) in [5.74, 6) is -0.550. The minimum Gasteiger partial charge on any atom is -0.351 e. The summed E-state index contributed by atoms with van der Waals surface area (Å²) in [6.45, 7) is 10.3. The molecule has 0 saturated heterocycles. The quantitative estimate of drug-likeness (QED) is 0.538. The molecule has 0 radical (unpaired) electrons. The van der Waals surface area contributed by atoms with E-state index < -0.39 is 17.2 Å².